The average Bonchev–Trinajstić information content (AvgIpc) is 2.78. The van der Waals surface area contributed by atoms with E-state index in [4.69, 9.17) is 9.47 Å². The molecule has 1 amide bonds. The van der Waals surface area contributed by atoms with Gasteiger partial charge in [-0.15, -0.1) is 0 Å². The van der Waals surface area contributed by atoms with Crippen LogP contribution in [-0.4, -0.2) is 25.9 Å². The lowest BCUT2D eigenvalue weighted by atomic mass is 9.97. The van der Waals surface area contributed by atoms with E-state index in [9.17, 15) is 14.0 Å². The summed E-state index contributed by atoms with van der Waals surface area (Å²) in [5.41, 5.74) is 1.53. The molecule has 0 aliphatic rings. The molecule has 0 bridgehead atoms. The second-order valence-electron chi connectivity index (χ2n) is 6.68. The number of carbonyl (C=O) groups is 2. The van der Waals surface area contributed by atoms with Crippen LogP contribution in [0, 0.1) is 5.82 Å². The van der Waals surface area contributed by atoms with Gasteiger partial charge in [-0.2, -0.15) is 0 Å². The number of rotatable bonds is 7. The molecule has 0 aliphatic carbocycles. The number of benzene rings is 3. The smallest absolute Gasteiger partial charge is 0.252 e. The number of hydrogen-bond acceptors (Lipinski definition) is 4. The molecule has 0 fully saturated rings. The third-order valence-corrected chi connectivity index (χ3v) is 4.77. The molecule has 5 nitrogen and oxygen atoms in total. The van der Waals surface area contributed by atoms with Crippen molar-refractivity contribution in [3.8, 4) is 11.5 Å². The number of hydrogen-bond donors (Lipinski definition) is 1. The largest absolute Gasteiger partial charge is 0.497 e. The highest BCUT2D eigenvalue weighted by Crippen LogP contribution is 2.29. The zero-order valence-corrected chi connectivity index (χ0v) is 16.9. The molecule has 3 aromatic rings. The van der Waals surface area contributed by atoms with Crippen LogP contribution in [-0.2, 0) is 0 Å². The van der Waals surface area contributed by atoms with E-state index < -0.39 is 17.8 Å². The normalized spacial score (nSPS) is 11.5. The summed E-state index contributed by atoms with van der Waals surface area (Å²) >= 11 is 0. The molecule has 30 heavy (non-hydrogen) atoms. The molecule has 1 N–H and O–H groups in total. The average molecular weight is 407 g/mol. The Morgan fingerprint density at radius 3 is 2.20 bits per heavy atom. The second kappa shape index (κ2) is 9.22. The van der Waals surface area contributed by atoms with Crippen LogP contribution in [0.5, 0.6) is 11.5 Å². The minimum absolute atomic E-state index is 0.237. The van der Waals surface area contributed by atoms with Crippen LogP contribution in [0.2, 0.25) is 0 Å². The van der Waals surface area contributed by atoms with E-state index in [-0.39, 0.29) is 16.9 Å². The summed E-state index contributed by atoms with van der Waals surface area (Å²) in [5, 5.41) is 2.91. The fourth-order valence-electron chi connectivity index (χ4n) is 3.17. The van der Waals surface area contributed by atoms with Gasteiger partial charge < -0.3 is 14.8 Å². The highest BCUT2D eigenvalue weighted by Gasteiger charge is 2.21. The van der Waals surface area contributed by atoms with E-state index in [0.717, 1.165) is 5.56 Å². The van der Waals surface area contributed by atoms with Gasteiger partial charge in [-0.3, -0.25) is 9.59 Å². The van der Waals surface area contributed by atoms with Crippen LogP contribution >= 0.6 is 0 Å². The summed E-state index contributed by atoms with van der Waals surface area (Å²) in [6.45, 7) is 1.82. The first-order chi connectivity index (χ1) is 14.4. The van der Waals surface area contributed by atoms with E-state index in [1.54, 1.807) is 56.7 Å². The zero-order chi connectivity index (χ0) is 21.7. The van der Waals surface area contributed by atoms with Crippen LogP contribution in [0.15, 0.2) is 66.7 Å². The summed E-state index contributed by atoms with van der Waals surface area (Å²) in [5.74, 6) is 0.0579. The molecule has 0 aromatic heterocycles. The van der Waals surface area contributed by atoms with Gasteiger partial charge in [0, 0.05) is 16.7 Å². The molecular weight excluding hydrogens is 385 g/mol. The predicted molar refractivity (Wildman–Crippen MR) is 112 cm³/mol. The first-order valence-corrected chi connectivity index (χ1v) is 9.36. The van der Waals surface area contributed by atoms with Crippen molar-refractivity contribution in [1.82, 2.24) is 5.32 Å². The number of halogens is 1. The number of ketones is 1. The van der Waals surface area contributed by atoms with Crippen LogP contribution in [0.25, 0.3) is 0 Å². The van der Waals surface area contributed by atoms with E-state index in [0.29, 0.717) is 17.1 Å². The Morgan fingerprint density at radius 1 is 0.900 bits per heavy atom. The second-order valence-corrected chi connectivity index (χ2v) is 6.68. The summed E-state index contributed by atoms with van der Waals surface area (Å²) < 4.78 is 23.8. The standard InChI is InChI=1S/C24H22FNO4/c1-15(21-14-18(29-2)12-13-22(21)30-3)26-24(28)20-7-5-4-6-19(20)23(27)16-8-10-17(25)11-9-16/h4-15H,1-3H3,(H,26,28). The van der Waals surface area contributed by atoms with Crippen molar-refractivity contribution in [2.45, 2.75) is 13.0 Å². The minimum Gasteiger partial charge on any atom is -0.497 e. The van der Waals surface area contributed by atoms with Crippen molar-refractivity contribution in [3.05, 3.63) is 94.8 Å². The summed E-state index contributed by atoms with van der Waals surface area (Å²) in [6, 6.07) is 16.7. The molecule has 0 saturated heterocycles. The summed E-state index contributed by atoms with van der Waals surface area (Å²) in [6.07, 6.45) is 0. The van der Waals surface area contributed by atoms with Gasteiger partial charge in [-0.05, 0) is 55.5 Å². The van der Waals surface area contributed by atoms with Crippen LogP contribution in [0.4, 0.5) is 4.39 Å². The van der Waals surface area contributed by atoms with Crippen LogP contribution in [0.1, 0.15) is 44.8 Å². The van der Waals surface area contributed by atoms with Gasteiger partial charge in [-0.25, -0.2) is 4.39 Å². The molecule has 1 unspecified atom stereocenters. The van der Waals surface area contributed by atoms with Gasteiger partial charge >= 0.3 is 0 Å². The zero-order valence-electron chi connectivity index (χ0n) is 16.9. The molecule has 6 heteroatoms. The maximum absolute atomic E-state index is 13.2. The van der Waals surface area contributed by atoms with Crippen molar-refractivity contribution < 1.29 is 23.5 Å². The van der Waals surface area contributed by atoms with Gasteiger partial charge in [0.1, 0.15) is 17.3 Å². The lowest BCUT2D eigenvalue weighted by Gasteiger charge is -2.19. The first kappa shape index (κ1) is 21.0. The highest BCUT2D eigenvalue weighted by atomic mass is 19.1. The maximum atomic E-state index is 13.2. The van der Waals surface area contributed by atoms with Crippen molar-refractivity contribution in [2.75, 3.05) is 14.2 Å². The molecule has 0 spiro atoms. The fourth-order valence-corrected chi connectivity index (χ4v) is 3.17. The fraction of sp³-hybridized carbons (Fsp3) is 0.167. The molecular formula is C24H22FNO4. The molecule has 3 rings (SSSR count). The van der Waals surface area contributed by atoms with Gasteiger partial charge in [-0.1, -0.05) is 18.2 Å². The Bertz CT molecular complexity index is 1060. The van der Waals surface area contributed by atoms with Gasteiger partial charge in [0.2, 0.25) is 0 Å². The molecule has 0 radical (unpaired) electrons. The number of ether oxygens (including phenoxy) is 2. The molecule has 0 aliphatic heterocycles. The van der Waals surface area contributed by atoms with Gasteiger partial charge in [0.25, 0.3) is 5.91 Å². The Labute approximate surface area is 174 Å². The Kier molecular flexibility index (Phi) is 6.47. The van der Waals surface area contributed by atoms with Gasteiger partial charge in [0.15, 0.2) is 5.78 Å². The highest BCUT2D eigenvalue weighted by molar-refractivity contribution is 6.15. The topological polar surface area (TPSA) is 64.6 Å². The minimum atomic E-state index is -0.432. The van der Waals surface area contributed by atoms with E-state index in [2.05, 4.69) is 5.32 Å². The van der Waals surface area contributed by atoms with Crippen molar-refractivity contribution in [3.63, 3.8) is 0 Å². The predicted octanol–water partition coefficient (Wildman–Crippen LogP) is 4.56. The Hall–Kier alpha value is -3.67. The molecule has 1 atom stereocenters. The number of nitrogens with one attached hydrogen (secondary N) is 1. The third kappa shape index (κ3) is 4.49. The number of amides is 1. The Morgan fingerprint density at radius 2 is 1.57 bits per heavy atom. The van der Waals surface area contributed by atoms with Crippen molar-refractivity contribution >= 4 is 11.7 Å². The van der Waals surface area contributed by atoms with E-state index >= 15 is 0 Å². The maximum Gasteiger partial charge on any atom is 0.252 e. The number of methoxy groups -OCH3 is 2. The lowest BCUT2D eigenvalue weighted by molar-refractivity contribution is 0.0929. The quantitative estimate of drug-likeness (QED) is 0.583. The molecule has 3 aromatic carbocycles. The third-order valence-electron chi connectivity index (χ3n) is 4.77. The van der Waals surface area contributed by atoms with Crippen molar-refractivity contribution in [2.24, 2.45) is 0 Å². The van der Waals surface area contributed by atoms with E-state index in [1.165, 1.54) is 24.3 Å². The lowest BCUT2D eigenvalue weighted by Crippen LogP contribution is -2.28. The van der Waals surface area contributed by atoms with Crippen molar-refractivity contribution in [1.29, 1.82) is 0 Å². The van der Waals surface area contributed by atoms with Crippen LogP contribution in [0.3, 0.4) is 0 Å². The Balaban J connectivity index is 1.88. The van der Waals surface area contributed by atoms with E-state index in [1.807, 2.05) is 6.92 Å². The summed E-state index contributed by atoms with van der Waals surface area (Å²) in [4.78, 5) is 25.9. The number of carbonyl (C=O) groups excluding carboxylic acids is 2. The monoisotopic (exact) mass is 407 g/mol. The van der Waals surface area contributed by atoms with Crippen LogP contribution < -0.4 is 14.8 Å². The van der Waals surface area contributed by atoms with Gasteiger partial charge in [0.05, 0.1) is 25.8 Å². The molecule has 154 valence electrons. The summed E-state index contributed by atoms with van der Waals surface area (Å²) in [7, 11) is 3.11. The molecule has 0 heterocycles. The SMILES string of the molecule is COc1ccc(OC)c(C(C)NC(=O)c2ccccc2C(=O)c2ccc(F)cc2)c1. The molecule has 0 saturated carbocycles. The first-order valence-electron chi connectivity index (χ1n) is 9.36.